The predicted molar refractivity (Wildman–Crippen MR) is 98.7 cm³/mol. The minimum atomic E-state index is 0.684. The smallest absolute Gasteiger partial charge is 0.203 e. The second-order valence-corrected chi connectivity index (χ2v) is 7.14. The lowest BCUT2D eigenvalue weighted by atomic mass is 10.2. The molecule has 24 heavy (non-hydrogen) atoms. The highest BCUT2D eigenvalue weighted by Gasteiger charge is 2.12. The van der Waals surface area contributed by atoms with Crippen molar-refractivity contribution in [2.75, 3.05) is 18.6 Å². The van der Waals surface area contributed by atoms with Gasteiger partial charge in [0.2, 0.25) is 5.13 Å². The zero-order chi connectivity index (χ0) is 16.2. The molecule has 0 saturated carbocycles. The summed E-state index contributed by atoms with van der Waals surface area (Å²) in [4.78, 5) is 6.52. The number of aromatic nitrogens is 1. The van der Waals surface area contributed by atoms with Gasteiger partial charge in [-0.25, -0.2) is 4.98 Å². The van der Waals surface area contributed by atoms with E-state index in [0.29, 0.717) is 13.2 Å². The van der Waals surface area contributed by atoms with Crippen LogP contribution < -0.4 is 14.9 Å². The maximum absolute atomic E-state index is 5.74. The first kappa shape index (κ1) is 15.2. The minimum absolute atomic E-state index is 0.684. The molecule has 1 aliphatic heterocycles. The van der Waals surface area contributed by atoms with E-state index in [9.17, 15) is 0 Å². The molecule has 0 saturated heterocycles. The molecule has 0 aliphatic carbocycles. The van der Waals surface area contributed by atoms with Crippen molar-refractivity contribution >= 4 is 34.0 Å². The molecular weight excluding hydrogens is 342 g/mol. The zero-order valence-corrected chi connectivity index (χ0v) is 14.4. The highest BCUT2D eigenvalue weighted by molar-refractivity contribution is 7.18. The number of hydrogen-bond donors (Lipinski definition) is 1. The van der Waals surface area contributed by atoms with E-state index in [-0.39, 0.29) is 0 Å². The molecule has 0 bridgehead atoms. The van der Waals surface area contributed by atoms with E-state index in [2.05, 4.69) is 15.5 Å². The maximum Gasteiger partial charge on any atom is 0.203 e. The number of fused-ring (bicyclic) bond motifs is 1. The molecule has 0 unspecified atom stereocenters. The number of nitrogens with one attached hydrogen (secondary N) is 1. The lowest BCUT2D eigenvalue weighted by Gasteiger charge is -2.08. The number of ether oxygens (including phenoxy) is 2. The maximum atomic E-state index is 5.74. The van der Waals surface area contributed by atoms with Crippen LogP contribution >= 0.6 is 22.7 Å². The lowest BCUT2D eigenvalue weighted by molar-refractivity contribution is 0.297. The molecular formula is C17H15N3O2S2. The Bertz CT molecular complexity index is 843. The van der Waals surface area contributed by atoms with Crippen LogP contribution in [0.2, 0.25) is 0 Å². The molecule has 3 heterocycles. The van der Waals surface area contributed by atoms with Crippen LogP contribution in [0.15, 0.2) is 47.0 Å². The summed E-state index contributed by atoms with van der Waals surface area (Å²) in [6.07, 6.45) is 4.53. The quantitative estimate of drug-likeness (QED) is 0.552. The van der Waals surface area contributed by atoms with Gasteiger partial charge in [-0.15, -0.1) is 11.3 Å². The van der Waals surface area contributed by atoms with Gasteiger partial charge in [-0.2, -0.15) is 5.10 Å². The van der Waals surface area contributed by atoms with Crippen molar-refractivity contribution in [3.05, 3.63) is 46.8 Å². The van der Waals surface area contributed by atoms with E-state index in [1.807, 2.05) is 41.9 Å². The monoisotopic (exact) mass is 357 g/mol. The summed E-state index contributed by atoms with van der Waals surface area (Å²) in [7, 11) is 0. The van der Waals surface area contributed by atoms with E-state index in [0.717, 1.165) is 38.4 Å². The molecule has 122 valence electrons. The van der Waals surface area contributed by atoms with Gasteiger partial charge in [-0.3, -0.25) is 5.43 Å². The average Bonchev–Trinajstić information content (AvgIpc) is 3.23. The normalized spacial score (nSPS) is 13.8. The van der Waals surface area contributed by atoms with Crippen LogP contribution in [-0.4, -0.2) is 24.4 Å². The Morgan fingerprint density at radius 1 is 1.17 bits per heavy atom. The number of hydrazone groups is 1. The standard InChI is InChI=1S/C17H15N3O2S2/c1-3-13(23-8-1)10-19-20-17-18-11-16(24-17)12-4-5-14-15(9-12)22-7-2-6-21-14/h1,3-5,8-11H,2,6-7H2,(H,18,20). The first-order valence-electron chi connectivity index (χ1n) is 7.57. The molecule has 0 spiro atoms. The third-order valence-corrected chi connectivity index (χ3v) is 5.19. The molecule has 4 rings (SSSR count). The minimum Gasteiger partial charge on any atom is -0.490 e. The molecule has 1 aromatic carbocycles. The number of benzene rings is 1. The van der Waals surface area contributed by atoms with Gasteiger partial charge >= 0.3 is 0 Å². The van der Waals surface area contributed by atoms with Crippen molar-refractivity contribution in [3.8, 4) is 21.9 Å². The van der Waals surface area contributed by atoms with Crippen molar-refractivity contribution in [2.45, 2.75) is 6.42 Å². The Hall–Kier alpha value is -2.38. The van der Waals surface area contributed by atoms with E-state index in [1.165, 1.54) is 0 Å². The Kier molecular flexibility index (Phi) is 4.44. The SMILES string of the molecule is C(=NNc1ncc(-c2ccc3c(c2)OCCCO3)s1)c1cccs1. The molecule has 1 aliphatic rings. The van der Waals surface area contributed by atoms with Gasteiger partial charge in [-0.05, 0) is 35.2 Å². The molecule has 5 nitrogen and oxygen atoms in total. The van der Waals surface area contributed by atoms with Crippen LogP contribution in [0.1, 0.15) is 11.3 Å². The van der Waals surface area contributed by atoms with Gasteiger partial charge in [0.25, 0.3) is 0 Å². The fourth-order valence-corrected chi connectivity index (χ4v) is 3.64. The molecule has 3 aromatic rings. The van der Waals surface area contributed by atoms with Gasteiger partial charge in [-0.1, -0.05) is 17.4 Å². The average molecular weight is 357 g/mol. The topological polar surface area (TPSA) is 55.7 Å². The predicted octanol–water partition coefficient (Wildman–Crippen LogP) is 4.48. The first-order valence-corrected chi connectivity index (χ1v) is 9.26. The summed E-state index contributed by atoms with van der Waals surface area (Å²) in [5.74, 6) is 1.60. The summed E-state index contributed by atoms with van der Waals surface area (Å²) >= 11 is 3.19. The van der Waals surface area contributed by atoms with Gasteiger partial charge in [0.1, 0.15) is 0 Å². The van der Waals surface area contributed by atoms with Crippen molar-refractivity contribution in [2.24, 2.45) is 5.10 Å². The van der Waals surface area contributed by atoms with Crippen LogP contribution in [0, 0.1) is 0 Å². The van der Waals surface area contributed by atoms with E-state index < -0.39 is 0 Å². The van der Waals surface area contributed by atoms with E-state index in [1.54, 1.807) is 28.9 Å². The fourth-order valence-electron chi connectivity index (χ4n) is 2.29. The number of nitrogens with zero attached hydrogens (tertiary/aromatic N) is 2. The highest BCUT2D eigenvalue weighted by atomic mass is 32.1. The Morgan fingerprint density at radius 2 is 2.08 bits per heavy atom. The zero-order valence-electron chi connectivity index (χ0n) is 12.8. The molecule has 2 aromatic heterocycles. The Labute approximate surface area is 147 Å². The largest absolute Gasteiger partial charge is 0.490 e. The van der Waals surface area contributed by atoms with Crippen molar-refractivity contribution in [3.63, 3.8) is 0 Å². The van der Waals surface area contributed by atoms with Crippen LogP contribution in [-0.2, 0) is 0 Å². The Morgan fingerprint density at radius 3 is 2.96 bits per heavy atom. The Balaban J connectivity index is 1.49. The number of anilines is 1. The molecule has 0 fully saturated rings. The van der Waals surface area contributed by atoms with Crippen LogP contribution in [0.4, 0.5) is 5.13 Å². The highest BCUT2D eigenvalue weighted by Crippen LogP contribution is 2.36. The summed E-state index contributed by atoms with van der Waals surface area (Å²) in [6.45, 7) is 1.38. The van der Waals surface area contributed by atoms with Crippen molar-refractivity contribution < 1.29 is 9.47 Å². The molecule has 0 radical (unpaired) electrons. The van der Waals surface area contributed by atoms with E-state index in [4.69, 9.17) is 9.47 Å². The molecule has 1 N–H and O–H groups in total. The second-order valence-electron chi connectivity index (χ2n) is 5.13. The summed E-state index contributed by atoms with van der Waals surface area (Å²) in [5.41, 5.74) is 4.04. The van der Waals surface area contributed by atoms with Gasteiger partial charge in [0.15, 0.2) is 11.5 Å². The molecule has 7 heteroatoms. The molecule has 0 amide bonds. The fraction of sp³-hybridized carbons (Fsp3) is 0.176. The van der Waals surface area contributed by atoms with Gasteiger partial charge < -0.3 is 9.47 Å². The van der Waals surface area contributed by atoms with Crippen molar-refractivity contribution in [1.82, 2.24) is 4.98 Å². The first-order chi connectivity index (χ1) is 11.9. The number of rotatable bonds is 4. The van der Waals surface area contributed by atoms with Crippen LogP contribution in [0.5, 0.6) is 11.5 Å². The summed E-state index contributed by atoms with van der Waals surface area (Å²) in [5, 5.41) is 6.99. The second kappa shape index (κ2) is 7.02. The van der Waals surface area contributed by atoms with Gasteiger partial charge in [0, 0.05) is 17.5 Å². The number of thiazole rings is 1. The third-order valence-electron chi connectivity index (χ3n) is 3.43. The van der Waals surface area contributed by atoms with Crippen LogP contribution in [0.3, 0.4) is 0 Å². The molecule has 0 atom stereocenters. The summed E-state index contributed by atoms with van der Waals surface area (Å²) in [6, 6.07) is 10.0. The third kappa shape index (κ3) is 3.42. The van der Waals surface area contributed by atoms with Gasteiger partial charge in [0.05, 0.1) is 24.3 Å². The lowest BCUT2D eigenvalue weighted by Crippen LogP contribution is -1.97. The van der Waals surface area contributed by atoms with E-state index >= 15 is 0 Å². The number of thiophene rings is 1. The van der Waals surface area contributed by atoms with Crippen LogP contribution in [0.25, 0.3) is 10.4 Å². The number of hydrogen-bond acceptors (Lipinski definition) is 7. The summed E-state index contributed by atoms with van der Waals surface area (Å²) < 4.78 is 11.4. The van der Waals surface area contributed by atoms with Crippen molar-refractivity contribution in [1.29, 1.82) is 0 Å².